The lowest BCUT2D eigenvalue weighted by Gasteiger charge is -2.32. The van der Waals surface area contributed by atoms with Crippen molar-refractivity contribution in [2.75, 3.05) is 13.1 Å². The van der Waals surface area contributed by atoms with Crippen LogP contribution in [0, 0.1) is 6.57 Å². The molecule has 0 saturated carbocycles. The molecule has 1 aromatic carbocycles. The summed E-state index contributed by atoms with van der Waals surface area (Å²) in [5.74, 6) is 0.0988. The Morgan fingerprint density at radius 2 is 1.86 bits per heavy atom. The van der Waals surface area contributed by atoms with Gasteiger partial charge < -0.3 is 4.90 Å². The molecule has 5 nitrogen and oxygen atoms in total. The van der Waals surface area contributed by atoms with Gasteiger partial charge in [-0.15, -0.1) is 0 Å². The summed E-state index contributed by atoms with van der Waals surface area (Å²) in [5, 5.41) is 7.13. The molecule has 0 radical (unpaired) electrons. The van der Waals surface area contributed by atoms with Crippen LogP contribution in [-0.4, -0.2) is 41.6 Å². The SMILES string of the molecule is [C-]#[N+]c1ccc(N=C(N(CC)CC)C2(C)CC(C(F)(F)F)N=N2)cc1C(F)(F)F. The highest BCUT2D eigenvalue weighted by Gasteiger charge is 2.51. The molecule has 0 saturated heterocycles. The molecule has 0 spiro atoms. The number of rotatable bonds is 4. The van der Waals surface area contributed by atoms with Gasteiger partial charge in [-0.1, -0.05) is 6.07 Å². The highest BCUT2D eigenvalue weighted by atomic mass is 19.4. The van der Waals surface area contributed by atoms with E-state index in [9.17, 15) is 26.3 Å². The molecule has 0 fully saturated rings. The van der Waals surface area contributed by atoms with Crippen molar-refractivity contribution in [2.24, 2.45) is 15.2 Å². The molecule has 11 heteroatoms. The Morgan fingerprint density at radius 3 is 2.31 bits per heavy atom. The Hall–Kier alpha value is -2.64. The molecule has 0 aliphatic carbocycles. The number of azo groups is 1. The zero-order valence-electron chi connectivity index (χ0n) is 15.9. The van der Waals surface area contributed by atoms with Crippen LogP contribution >= 0.6 is 0 Å². The van der Waals surface area contributed by atoms with E-state index in [1.165, 1.54) is 13.0 Å². The summed E-state index contributed by atoms with van der Waals surface area (Å²) in [5.41, 5.74) is -3.30. The maximum absolute atomic E-state index is 13.2. The Bertz CT molecular complexity index is 848. The van der Waals surface area contributed by atoms with Crippen molar-refractivity contribution >= 4 is 17.2 Å². The lowest BCUT2D eigenvalue weighted by molar-refractivity contribution is -0.147. The van der Waals surface area contributed by atoms with Crippen LogP contribution in [0.3, 0.4) is 0 Å². The van der Waals surface area contributed by atoms with E-state index in [1.54, 1.807) is 18.7 Å². The number of hydrogen-bond donors (Lipinski definition) is 0. The van der Waals surface area contributed by atoms with Gasteiger partial charge >= 0.3 is 12.4 Å². The van der Waals surface area contributed by atoms with E-state index in [4.69, 9.17) is 6.57 Å². The maximum Gasteiger partial charge on any atom is 0.412 e. The number of nitrogens with zero attached hydrogens (tertiary/aromatic N) is 5. The zero-order valence-corrected chi connectivity index (χ0v) is 15.9. The van der Waals surface area contributed by atoms with E-state index < -0.39 is 41.6 Å². The van der Waals surface area contributed by atoms with Gasteiger partial charge in [-0.2, -0.15) is 36.6 Å². The number of halogens is 6. The molecule has 0 bridgehead atoms. The maximum atomic E-state index is 13.2. The fourth-order valence-electron chi connectivity index (χ4n) is 3.07. The first kappa shape index (κ1) is 22.6. The third-order valence-corrected chi connectivity index (χ3v) is 4.57. The van der Waals surface area contributed by atoms with Gasteiger partial charge in [-0.3, -0.25) is 0 Å². The number of hydrogen-bond acceptors (Lipinski definition) is 3. The molecule has 29 heavy (non-hydrogen) atoms. The average Bonchev–Trinajstić information content (AvgIpc) is 3.04. The number of aliphatic imine (C=N–C) groups is 1. The number of likely N-dealkylation sites (N-methyl/N-ethyl adjacent to an activating group) is 1. The molecule has 158 valence electrons. The van der Waals surface area contributed by atoms with Crippen LogP contribution in [-0.2, 0) is 6.18 Å². The molecule has 1 heterocycles. The third kappa shape index (κ3) is 4.86. The molecule has 2 atom stereocenters. The molecule has 2 unspecified atom stereocenters. The van der Waals surface area contributed by atoms with Crippen LogP contribution in [0.5, 0.6) is 0 Å². The van der Waals surface area contributed by atoms with Crippen molar-refractivity contribution in [3.05, 3.63) is 35.2 Å². The van der Waals surface area contributed by atoms with Crippen molar-refractivity contribution in [1.29, 1.82) is 0 Å². The molecule has 1 aliphatic heterocycles. The molecule has 0 amide bonds. The summed E-state index contributed by atoms with van der Waals surface area (Å²) in [6, 6.07) is 0.936. The van der Waals surface area contributed by atoms with Crippen LogP contribution in [0.2, 0.25) is 0 Å². The van der Waals surface area contributed by atoms with Crippen LogP contribution in [0.15, 0.2) is 33.4 Å². The average molecular weight is 419 g/mol. The smallest absolute Gasteiger partial charge is 0.359 e. The van der Waals surface area contributed by atoms with E-state index in [-0.39, 0.29) is 11.5 Å². The van der Waals surface area contributed by atoms with Gasteiger partial charge in [-0.05, 0) is 32.9 Å². The second-order valence-corrected chi connectivity index (χ2v) is 6.67. The minimum Gasteiger partial charge on any atom is -0.359 e. The van der Waals surface area contributed by atoms with Crippen LogP contribution in [0.1, 0.15) is 32.8 Å². The summed E-state index contributed by atoms with van der Waals surface area (Å²) >= 11 is 0. The minimum absolute atomic E-state index is 0.0988. The standard InChI is InChI=1S/C18H19F6N5/c1-5-29(6-2)15(16(3)10-14(27-28-16)18(22,23)24)26-11-7-8-13(25-4)12(9-11)17(19,20)21/h7-9,14H,5-6,10H2,1-3H3. The van der Waals surface area contributed by atoms with Gasteiger partial charge in [0.2, 0.25) is 0 Å². The van der Waals surface area contributed by atoms with Gasteiger partial charge in [0.15, 0.2) is 11.7 Å². The van der Waals surface area contributed by atoms with E-state index in [2.05, 4.69) is 20.1 Å². The number of alkyl halides is 6. The van der Waals surface area contributed by atoms with Crippen molar-refractivity contribution in [3.8, 4) is 0 Å². The van der Waals surface area contributed by atoms with Gasteiger partial charge in [0, 0.05) is 19.5 Å². The lowest BCUT2D eigenvalue weighted by Crippen LogP contribution is -2.46. The van der Waals surface area contributed by atoms with E-state index >= 15 is 0 Å². The van der Waals surface area contributed by atoms with Crippen molar-refractivity contribution in [3.63, 3.8) is 0 Å². The molecule has 0 N–H and O–H groups in total. The van der Waals surface area contributed by atoms with Crippen LogP contribution < -0.4 is 0 Å². The first-order valence-corrected chi connectivity index (χ1v) is 8.77. The Morgan fingerprint density at radius 1 is 1.24 bits per heavy atom. The molecule has 1 aromatic rings. The van der Waals surface area contributed by atoms with Crippen molar-refractivity contribution in [2.45, 2.75) is 51.1 Å². The predicted molar refractivity (Wildman–Crippen MR) is 95.4 cm³/mol. The Labute approximate surface area is 164 Å². The van der Waals surface area contributed by atoms with E-state index in [0.717, 1.165) is 6.07 Å². The van der Waals surface area contributed by atoms with Crippen molar-refractivity contribution < 1.29 is 26.3 Å². The second kappa shape index (κ2) is 8.00. The first-order valence-electron chi connectivity index (χ1n) is 8.77. The highest BCUT2D eigenvalue weighted by molar-refractivity contribution is 5.93. The topological polar surface area (TPSA) is 44.7 Å². The summed E-state index contributed by atoms with van der Waals surface area (Å²) in [7, 11) is 0. The lowest BCUT2D eigenvalue weighted by atomic mass is 9.93. The third-order valence-electron chi connectivity index (χ3n) is 4.57. The highest BCUT2D eigenvalue weighted by Crippen LogP contribution is 2.41. The zero-order chi connectivity index (χ0) is 22.0. The van der Waals surface area contributed by atoms with E-state index in [1.807, 2.05) is 0 Å². The van der Waals surface area contributed by atoms with Gasteiger partial charge in [0.05, 0.1) is 17.8 Å². The summed E-state index contributed by atoms with van der Waals surface area (Å²) in [6.45, 7) is 12.6. The predicted octanol–water partition coefficient (Wildman–Crippen LogP) is 6.17. The fourth-order valence-corrected chi connectivity index (χ4v) is 3.07. The number of benzene rings is 1. The van der Waals surface area contributed by atoms with Crippen LogP contribution in [0.25, 0.3) is 4.85 Å². The largest absolute Gasteiger partial charge is 0.412 e. The Kier molecular flexibility index (Phi) is 6.25. The van der Waals surface area contributed by atoms with Crippen LogP contribution in [0.4, 0.5) is 37.7 Å². The molecule has 2 rings (SSSR count). The minimum atomic E-state index is -4.76. The quantitative estimate of drug-likeness (QED) is 0.249. The fraction of sp³-hybridized carbons (Fsp3) is 0.556. The monoisotopic (exact) mass is 419 g/mol. The summed E-state index contributed by atoms with van der Waals surface area (Å²) < 4.78 is 78.9. The van der Waals surface area contributed by atoms with Gasteiger partial charge in [0.1, 0.15) is 11.4 Å². The summed E-state index contributed by atoms with van der Waals surface area (Å²) in [6.07, 6.45) is -9.83. The van der Waals surface area contributed by atoms with Gasteiger partial charge in [-0.25, -0.2) is 9.84 Å². The Balaban J connectivity index is 2.57. The molecule has 1 aliphatic rings. The van der Waals surface area contributed by atoms with E-state index in [0.29, 0.717) is 19.2 Å². The second-order valence-electron chi connectivity index (χ2n) is 6.67. The normalized spacial score (nSPS) is 22.6. The molecular weight excluding hydrogens is 400 g/mol. The molecule has 0 aromatic heterocycles. The first-order chi connectivity index (χ1) is 13.4. The van der Waals surface area contributed by atoms with Crippen molar-refractivity contribution in [1.82, 2.24) is 4.90 Å². The number of amidine groups is 1. The summed E-state index contributed by atoms with van der Waals surface area (Å²) in [4.78, 5) is 8.74. The van der Waals surface area contributed by atoms with Gasteiger partial charge in [0.25, 0.3) is 0 Å². The molecular formula is C18H19F6N5.